The van der Waals surface area contributed by atoms with Gasteiger partial charge in [-0.05, 0) is 38.0 Å². The summed E-state index contributed by atoms with van der Waals surface area (Å²) in [4.78, 5) is 0. The van der Waals surface area contributed by atoms with E-state index >= 15 is 0 Å². The minimum Gasteiger partial charge on any atom is -0.490 e. The molecule has 1 atom stereocenters. The van der Waals surface area contributed by atoms with Gasteiger partial charge in [-0.25, -0.2) is 0 Å². The second-order valence-electron chi connectivity index (χ2n) is 4.72. The molecule has 0 aliphatic heterocycles. The molecule has 0 unspecified atom stereocenters. The van der Waals surface area contributed by atoms with Crippen molar-refractivity contribution in [2.75, 3.05) is 26.9 Å². The number of methoxy groups -OCH3 is 1. The summed E-state index contributed by atoms with van der Waals surface area (Å²) < 4.78 is 16.6. The Balaban J connectivity index is 2.67. The van der Waals surface area contributed by atoms with Gasteiger partial charge >= 0.3 is 0 Å². The van der Waals surface area contributed by atoms with Crippen molar-refractivity contribution < 1.29 is 14.2 Å². The second-order valence-corrected chi connectivity index (χ2v) is 4.72. The molecule has 0 fully saturated rings. The lowest BCUT2D eigenvalue weighted by atomic mass is 10.2. The van der Waals surface area contributed by atoms with Crippen molar-refractivity contribution in [1.29, 1.82) is 0 Å². The first-order chi connectivity index (χ1) is 9.71. The SMILES string of the molecule is CCOc1cc(CNCCOC)ccc1O[C@@H](C)CC. The van der Waals surface area contributed by atoms with Crippen molar-refractivity contribution in [3.05, 3.63) is 23.8 Å². The van der Waals surface area contributed by atoms with Crippen molar-refractivity contribution >= 4 is 0 Å². The summed E-state index contributed by atoms with van der Waals surface area (Å²) in [5.74, 6) is 1.64. The summed E-state index contributed by atoms with van der Waals surface area (Å²) in [6.07, 6.45) is 1.17. The van der Waals surface area contributed by atoms with E-state index in [4.69, 9.17) is 14.2 Å². The highest BCUT2D eigenvalue weighted by molar-refractivity contribution is 5.43. The third-order valence-electron chi connectivity index (χ3n) is 3.02. The molecule has 1 aromatic carbocycles. The molecule has 0 aliphatic rings. The fraction of sp³-hybridized carbons (Fsp3) is 0.625. The van der Waals surface area contributed by atoms with Crippen LogP contribution in [0.3, 0.4) is 0 Å². The van der Waals surface area contributed by atoms with Gasteiger partial charge in [0.05, 0.1) is 19.3 Å². The van der Waals surface area contributed by atoms with Crippen LogP contribution in [-0.4, -0.2) is 33.0 Å². The number of hydrogen-bond donors (Lipinski definition) is 1. The van der Waals surface area contributed by atoms with E-state index in [9.17, 15) is 0 Å². The van der Waals surface area contributed by atoms with Gasteiger partial charge in [-0.15, -0.1) is 0 Å². The number of hydrogen-bond acceptors (Lipinski definition) is 4. The number of nitrogens with one attached hydrogen (secondary N) is 1. The smallest absolute Gasteiger partial charge is 0.161 e. The van der Waals surface area contributed by atoms with Crippen molar-refractivity contribution in [3.8, 4) is 11.5 Å². The summed E-state index contributed by atoms with van der Waals surface area (Å²) in [6, 6.07) is 6.10. The molecule has 0 spiro atoms. The van der Waals surface area contributed by atoms with Crippen LogP contribution in [0.2, 0.25) is 0 Å². The van der Waals surface area contributed by atoms with Gasteiger partial charge in [0.15, 0.2) is 11.5 Å². The highest BCUT2D eigenvalue weighted by Gasteiger charge is 2.09. The van der Waals surface area contributed by atoms with Gasteiger partial charge in [0.25, 0.3) is 0 Å². The number of ether oxygens (including phenoxy) is 3. The molecule has 0 amide bonds. The van der Waals surface area contributed by atoms with Crippen LogP contribution >= 0.6 is 0 Å². The van der Waals surface area contributed by atoms with Gasteiger partial charge in [-0.3, -0.25) is 0 Å². The van der Waals surface area contributed by atoms with Crippen LogP contribution in [-0.2, 0) is 11.3 Å². The standard InChI is InChI=1S/C16H27NO3/c1-5-13(3)20-15-8-7-14(11-16(15)19-6-2)12-17-9-10-18-4/h7-8,11,13,17H,5-6,9-10,12H2,1-4H3/t13-/m0/s1. The lowest BCUT2D eigenvalue weighted by Gasteiger charge is -2.17. The van der Waals surface area contributed by atoms with E-state index in [-0.39, 0.29) is 6.10 Å². The molecule has 1 aromatic rings. The minimum atomic E-state index is 0.194. The fourth-order valence-corrected chi connectivity index (χ4v) is 1.74. The third kappa shape index (κ3) is 5.80. The Morgan fingerprint density at radius 2 is 2.00 bits per heavy atom. The topological polar surface area (TPSA) is 39.7 Å². The first-order valence-electron chi connectivity index (χ1n) is 7.33. The maximum Gasteiger partial charge on any atom is 0.161 e. The third-order valence-corrected chi connectivity index (χ3v) is 3.02. The maximum atomic E-state index is 5.88. The first kappa shape index (κ1) is 16.8. The van der Waals surface area contributed by atoms with Crippen molar-refractivity contribution in [3.63, 3.8) is 0 Å². The highest BCUT2D eigenvalue weighted by Crippen LogP contribution is 2.29. The molecule has 0 bridgehead atoms. The van der Waals surface area contributed by atoms with Gasteiger partial charge < -0.3 is 19.5 Å². The molecule has 0 heterocycles. The predicted molar refractivity (Wildman–Crippen MR) is 81.6 cm³/mol. The first-order valence-corrected chi connectivity index (χ1v) is 7.33. The van der Waals surface area contributed by atoms with E-state index < -0.39 is 0 Å². The van der Waals surface area contributed by atoms with Gasteiger partial charge in [0.2, 0.25) is 0 Å². The van der Waals surface area contributed by atoms with E-state index in [1.165, 1.54) is 5.56 Å². The van der Waals surface area contributed by atoms with Gasteiger partial charge in [0.1, 0.15) is 0 Å². The average molecular weight is 281 g/mol. The summed E-state index contributed by atoms with van der Waals surface area (Å²) in [6.45, 7) is 9.15. The molecule has 1 N–H and O–H groups in total. The Hall–Kier alpha value is -1.26. The van der Waals surface area contributed by atoms with Gasteiger partial charge in [-0.2, -0.15) is 0 Å². The van der Waals surface area contributed by atoms with Crippen LogP contribution in [0.4, 0.5) is 0 Å². The molecule has 20 heavy (non-hydrogen) atoms. The van der Waals surface area contributed by atoms with Crippen LogP contribution in [0, 0.1) is 0 Å². The Morgan fingerprint density at radius 3 is 2.65 bits per heavy atom. The van der Waals surface area contributed by atoms with Gasteiger partial charge in [-0.1, -0.05) is 13.0 Å². The zero-order valence-electron chi connectivity index (χ0n) is 13.1. The minimum absolute atomic E-state index is 0.194. The molecule has 0 aromatic heterocycles. The molecule has 114 valence electrons. The Bertz CT molecular complexity index is 382. The van der Waals surface area contributed by atoms with E-state index in [0.717, 1.165) is 31.0 Å². The Kier molecular flexibility index (Phi) is 8.07. The van der Waals surface area contributed by atoms with Crippen LogP contribution in [0.25, 0.3) is 0 Å². The summed E-state index contributed by atoms with van der Waals surface area (Å²) >= 11 is 0. The molecule has 4 heteroatoms. The molecule has 1 rings (SSSR count). The average Bonchev–Trinajstić information content (AvgIpc) is 2.46. The number of benzene rings is 1. The molecule has 0 aliphatic carbocycles. The quantitative estimate of drug-likeness (QED) is 0.669. The van der Waals surface area contributed by atoms with E-state index in [0.29, 0.717) is 13.2 Å². The molecule has 4 nitrogen and oxygen atoms in total. The van der Waals surface area contributed by atoms with Crippen LogP contribution < -0.4 is 14.8 Å². The monoisotopic (exact) mass is 281 g/mol. The summed E-state index contributed by atoms with van der Waals surface area (Å²) in [7, 11) is 1.70. The van der Waals surface area contributed by atoms with E-state index in [2.05, 4.69) is 25.2 Å². The molecule has 0 radical (unpaired) electrons. The lowest BCUT2D eigenvalue weighted by Crippen LogP contribution is -2.18. The summed E-state index contributed by atoms with van der Waals surface area (Å²) in [5.41, 5.74) is 1.18. The van der Waals surface area contributed by atoms with E-state index in [1.807, 2.05) is 19.1 Å². The predicted octanol–water partition coefficient (Wildman–Crippen LogP) is 3.00. The summed E-state index contributed by atoms with van der Waals surface area (Å²) in [5, 5.41) is 3.32. The number of rotatable bonds is 10. The van der Waals surface area contributed by atoms with Crippen molar-refractivity contribution in [2.45, 2.75) is 39.8 Å². The zero-order valence-corrected chi connectivity index (χ0v) is 13.1. The van der Waals surface area contributed by atoms with Crippen LogP contribution in [0.1, 0.15) is 32.8 Å². The van der Waals surface area contributed by atoms with E-state index in [1.54, 1.807) is 7.11 Å². The van der Waals surface area contributed by atoms with Crippen LogP contribution in [0.5, 0.6) is 11.5 Å². The Morgan fingerprint density at radius 1 is 1.20 bits per heavy atom. The Labute approximate surface area is 122 Å². The van der Waals surface area contributed by atoms with Crippen molar-refractivity contribution in [1.82, 2.24) is 5.32 Å². The molecule has 0 saturated carbocycles. The largest absolute Gasteiger partial charge is 0.490 e. The van der Waals surface area contributed by atoms with Crippen LogP contribution in [0.15, 0.2) is 18.2 Å². The normalized spacial score (nSPS) is 12.2. The maximum absolute atomic E-state index is 5.88. The second kappa shape index (κ2) is 9.61. The molecular formula is C16H27NO3. The molecular weight excluding hydrogens is 254 g/mol. The lowest BCUT2D eigenvalue weighted by molar-refractivity contribution is 0.199. The van der Waals surface area contributed by atoms with Crippen molar-refractivity contribution in [2.24, 2.45) is 0 Å². The highest BCUT2D eigenvalue weighted by atomic mass is 16.5. The fourth-order valence-electron chi connectivity index (χ4n) is 1.74. The van der Waals surface area contributed by atoms with Gasteiger partial charge in [0, 0.05) is 20.2 Å². The molecule has 0 saturated heterocycles. The zero-order chi connectivity index (χ0) is 14.8.